The molecule has 5 heteroatoms. The maximum atomic E-state index is 13.2. The lowest BCUT2D eigenvalue weighted by atomic mass is 9.71. The molecule has 126 valence electrons. The molecule has 0 saturated heterocycles. The van der Waals surface area contributed by atoms with Crippen LogP contribution in [0.5, 0.6) is 0 Å². The fourth-order valence-corrected chi connectivity index (χ4v) is 3.26. The number of hydrogen-bond acceptors (Lipinski definition) is 2. The van der Waals surface area contributed by atoms with Gasteiger partial charge >= 0.3 is 0 Å². The molecule has 1 aliphatic carbocycles. The van der Waals surface area contributed by atoms with Crippen LogP contribution in [0.25, 0.3) is 5.69 Å². The van der Waals surface area contributed by atoms with Crippen molar-refractivity contribution < 1.29 is 9.18 Å². The van der Waals surface area contributed by atoms with E-state index in [1.54, 1.807) is 35.1 Å². The van der Waals surface area contributed by atoms with Crippen molar-refractivity contribution in [3.63, 3.8) is 0 Å². The first-order chi connectivity index (χ1) is 12.2. The molecular formula is C20H18FN3O. The largest absolute Gasteiger partial charge is 0.343 e. The smallest absolute Gasteiger partial charge is 0.251 e. The van der Waals surface area contributed by atoms with Gasteiger partial charge in [0, 0.05) is 18.0 Å². The van der Waals surface area contributed by atoms with E-state index in [4.69, 9.17) is 0 Å². The summed E-state index contributed by atoms with van der Waals surface area (Å²) in [4.78, 5) is 12.7. The van der Waals surface area contributed by atoms with Crippen molar-refractivity contribution in [2.75, 3.05) is 0 Å². The summed E-state index contributed by atoms with van der Waals surface area (Å²) in [5, 5.41) is 7.33. The van der Waals surface area contributed by atoms with E-state index in [0.29, 0.717) is 5.56 Å². The van der Waals surface area contributed by atoms with E-state index in [2.05, 4.69) is 10.4 Å². The predicted octanol–water partition coefficient (Wildman–Crippen LogP) is 3.82. The Labute approximate surface area is 145 Å². The fourth-order valence-electron chi connectivity index (χ4n) is 3.26. The highest BCUT2D eigenvalue weighted by Crippen LogP contribution is 2.41. The van der Waals surface area contributed by atoms with Crippen LogP contribution in [0.1, 0.15) is 35.2 Å². The molecular weight excluding hydrogens is 317 g/mol. The number of halogens is 1. The molecule has 25 heavy (non-hydrogen) atoms. The summed E-state index contributed by atoms with van der Waals surface area (Å²) in [6.45, 7) is 0. The number of carbonyl (C=O) groups excluding carboxylic acids is 1. The number of hydrogen-bond donors (Lipinski definition) is 1. The minimum atomic E-state index is -0.383. The molecule has 1 aliphatic rings. The quantitative estimate of drug-likeness (QED) is 0.788. The molecule has 3 aromatic rings. The van der Waals surface area contributed by atoms with Gasteiger partial charge < -0.3 is 5.32 Å². The highest BCUT2D eigenvalue weighted by atomic mass is 19.1. The Hall–Kier alpha value is -2.95. The van der Waals surface area contributed by atoms with Gasteiger partial charge in [-0.05, 0) is 67.3 Å². The second-order valence-electron chi connectivity index (χ2n) is 6.39. The topological polar surface area (TPSA) is 46.9 Å². The standard InChI is InChI=1S/C20H18FN3O/c21-17-7-5-16(6-8-17)20(11-1-12-20)23-19(25)15-3-9-18(10-4-15)24-14-2-13-22-24/h2-10,13-14H,1,11-12H2,(H,23,25). The zero-order valence-corrected chi connectivity index (χ0v) is 13.7. The Morgan fingerprint density at radius 3 is 2.36 bits per heavy atom. The Bertz CT molecular complexity index is 866. The first kappa shape index (κ1) is 15.6. The molecule has 1 fully saturated rings. The first-order valence-corrected chi connectivity index (χ1v) is 8.35. The molecule has 1 aromatic heterocycles. The molecule has 1 amide bonds. The highest BCUT2D eigenvalue weighted by molar-refractivity contribution is 5.95. The minimum Gasteiger partial charge on any atom is -0.343 e. The normalized spacial score (nSPS) is 15.4. The van der Waals surface area contributed by atoms with Crippen molar-refractivity contribution in [3.05, 3.63) is 83.9 Å². The average Bonchev–Trinajstić information content (AvgIpc) is 3.14. The number of nitrogens with one attached hydrogen (secondary N) is 1. The van der Waals surface area contributed by atoms with Gasteiger partial charge in [-0.15, -0.1) is 0 Å². The van der Waals surface area contributed by atoms with Gasteiger partial charge in [-0.25, -0.2) is 9.07 Å². The van der Waals surface area contributed by atoms with Crippen molar-refractivity contribution in [2.45, 2.75) is 24.8 Å². The predicted molar refractivity (Wildman–Crippen MR) is 93.0 cm³/mol. The van der Waals surface area contributed by atoms with Gasteiger partial charge in [-0.1, -0.05) is 12.1 Å². The summed E-state index contributed by atoms with van der Waals surface area (Å²) in [6.07, 6.45) is 6.36. The third-order valence-electron chi connectivity index (χ3n) is 4.86. The van der Waals surface area contributed by atoms with Gasteiger partial charge in [0.05, 0.1) is 11.2 Å². The lowest BCUT2D eigenvalue weighted by Gasteiger charge is -2.43. The Kier molecular flexibility index (Phi) is 3.84. The number of rotatable bonds is 4. The van der Waals surface area contributed by atoms with Gasteiger partial charge in [-0.3, -0.25) is 4.79 Å². The second-order valence-corrected chi connectivity index (χ2v) is 6.39. The zero-order chi connectivity index (χ0) is 17.3. The van der Waals surface area contributed by atoms with Crippen molar-refractivity contribution in [1.82, 2.24) is 15.1 Å². The van der Waals surface area contributed by atoms with Crippen LogP contribution in [0.2, 0.25) is 0 Å². The molecule has 0 aliphatic heterocycles. The van der Waals surface area contributed by atoms with Crippen LogP contribution in [0.4, 0.5) is 4.39 Å². The summed E-state index contributed by atoms with van der Waals surface area (Å²) in [7, 11) is 0. The number of benzene rings is 2. The molecule has 0 spiro atoms. The third kappa shape index (κ3) is 2.93. The third-order valence-corrected chi connectivity index (χ3v) is 4.86. The van der Waals surface area contributed by atoms with Crippen LogP contribution in [0.15, 0.2) is 67.0 Å². The van der Waals surface area contributed by atoms with Gasteiger partial charge in [0.25, 0.3) is 5.91 Å². The van der Waals surface area contributed by atoms with Gasteiger partial charge in [-0.2, -0.15) is 5.10 Å². The van der Waals surface area contributed by atoms with Crippen LogP contribution < -0.4 is 5.32 Å². The van der Waals surface area contributed by atoms with Crippen molar-refractivity contribution in [1.29, 1.82) is 0 Å². The molecule has 0 atom stereocenters. The maximum absolute atomic E-state index is 13.2. The van der Waals surface area contributed by atoms with Crippen LogP contribution in [-0.2, 0) is 5.54 Å². The molecule has 4 rings (SSSR count). The summed E-state index contributed by atoms with van der Waals surface area (Å²) in [6, 6.07) is 15.6. The van der Waals surface area contributed by atoms with Crippen LogP contribution in [0, 0.1) is 5.82 Å². The highest BCUT2D eigenvalue weighted by Gasteiger charge is 2.40. The van der Waals surface area contributed by atoms with E-state index in [9.17, 15) is 9.18 Å². The molecule has 4 nitrogen and oxygen atoms in total. The van der Waals surface area contributed by atoms with E-state index in [0.717, 1.165) is 30.5 Å². The number of aromatic nitrogens is 2. The second kappa shape index (κ2) is 6.16. The molecule has 1 heterocycles. The van der Waals surface area contributed by atoms with E-state index in [1.165, 1.54) is 12.1 Å². The number of nitrogens with zero attached hydrogens (tertiary/aromatic N) is 2. The minimum absolute atomic E-state index is 0.115. The first-order valence-electron chi connectivity index (χ1n) is 8.35. The summed E-state index contributed by atoms with van der Waals surface area (Å²) < 4.78 is 14.9. The van der Waals surface area contributed by atoms with Gasteiger partial charge in [0.1, 0.15) is 5.82 Å². The molecule has 1 N–H and O–H groups in total. The van der Waals surface area contributed by atoms with Crippen LogP contribution in [0.3, 0.4) is 0 Å². The van der Waals surface area contributed by atoms with Crippen LogP contribution >= 0.6 is 0 Å². The Morgan fingerprint density at radius 2 is 1.80 bits per heavy atom. The summed E-state index contributed by atoms with van der Waals surface area (Å²) in [5.74, 6) is -0.380. The van der Waals surface area contributed by atoms with E-state index in [1.807, 2.05) is 24.4 Å². The Balaban J connectivity index is 1.53. The lowest BCUT2D eigenvalue weighted by Crippen LogP contribution is -2.50. The zero-order valence-electron chi connectivity index (χ0n) is 13.7. The SMILES string of the molecule is O=C(NC1(c2ccc(F)cc2)CCC1)c1ccc(-n2cccn2)cc1. The number of amides is 1. The molecule has 1 saturated carbocycles. The van der Waals surface area contributed by atoms with E-state index in [-0.39, 0.29) is 17.3 Å². The Morgan fingerprint density at radius 1 is 1.08 bits per heavy atom. The molecule has 0 unspecified atom stereocenters. The van der Waals surface area contributed by atoms with E-state index >= 15 is 0 Å². The summed E-state index contributed by atoms with van der Waals surface area (Å²) in [5.41, 5.74) is 2.08. The van der Waals surface area contributed by atoms with Gasteiger partial charge in [0.15, 0.2) is 0 Å². The average molecular weight is 335 g/mol. The van der Waals surface area contributed by atoms with Gasteiger partial charge in [0.2, 0.25) is 0 Å². The van der Waals surface area contributed by atoms with E-state index < -0.39 is 0 Å². The van der Waals surface area contributed by atoms with Crippen molar-refractivity contribution >= 4 is 5.91 Å². The number of carbonyl (C=O) groups is 1. The maximum Gasteiger partial charge on any atom is 0.251 e. The van der Waals surface area contributed by atoms with Crippen molar-refractivity contribution in [3.8, 4) is 5.69 Å². The monoisotopic (exact) mass is 335 g/mol. The fraction of sp³-hybridized carbons (Fsp3) is 0.200. The summed E-state index contributed by atoms with van der Waals surface area (Å²) >= 11 is 0. The molecule has 0 radical (unpaired) electrons. The van der Waals surface area contributed by atoms with Crippen LogP contribution in [-0.4, -0.2) is 15.7 Å². The van der Waals surface area contributed by atoms with Crippen molar-refractivity contribution in [2.24, 2.45) is 0 Å². The molecule has 2 aromatic carbocycles. The lowest BCUT2D eigenvalue weighted by molar-refractivity contribution is 0.0823. The molecule has 0 bridgehead atoms.